The summed E-state index contributed by atoms with van der Waals surface area (Å²) in [6, 6.07) is 13.5. The molecule has 1 aromatic heterocycles. The normalized spacial score (nSPS) is 12.3. The van der Waals surface area contributed by atoms with Crippen LogP contribution in [0.15, 0.2) is 47.6 Å². The summed E-state index contributed by atoms with van der Waals surface area (Å²) in [6.45, 7) is 3.82. The molecule has 1 N–H and O–H groups in total. The number of fused-ring (bicyclic) bond motifs is 1. The van der Waals surface area contributed by atoms with Crippen molar-refractivity contribution < 1.29 is 4.79 Å². The number of hydrogen-bond acceptors (Lipinski definition) is 3. The zero-order valence-corrected chi connectivity index (χ0v) is 15.3. The first-order valence-electron chi connectivity index (χ1n) is 7.61. The molecule has 0 fully saturated rings. The van der Waals surface area contributed by atoms with Crippen LogP contribution in [0.25, 0.3) is 11.0 Å². The summed E-state index contributed by atoms with van der Waals surface area (Å²) in [5.74, 6) is -0.0993. The van der Waals surface area contributed by atoms with Crippen molar-refractivity contribution in [2.24, 2.45) is 7.05 Å². The maximum Gasteiger partial charge on any atom is 0.237 e. The van der Waals surface area contributed by atoms with Crippen LogP contribution < -0.4 is 5.32 Å². The minimum Gasteiger partial charge on any atom is -0.324 e. The Morgan fingerprint density at radius 3 is 2.75 bits per heavy atom. The fourth-order valence-electron chi connectivity index (χ4n) is 2.40. The molecule has 0 saturated carbocycles. The Morgan fingerprint density at radius 2 is 2.04 bits per heavy atom. The van der Waals surface area contributed by atoms with Crippen LogP contribution in [0.5, 0.6) is 0 Å². The molecule has 0 aliphatic carbocycles. The molecular weight excluding hydrogens is 342 g/mol. The standard InChI is InChI=1S/C18H18ClN3OS/c1-11-8-9-14(13(19)10-11)20-17(23)12(2)24-18-21-15-6-4-5-7-16(15)22(18)3/h4-10,12H,1-3H3,(H,20,23). The van der Waals surface area contributed by atoms with E-state index in [0.29, 0.717) is 10.7 Å². The summed E-state index contributed by atoms with van der Waals surface area (Å²) >= 11 is 7.61. The van der Waals surface area contributed by atoms with Gasteiger partial charge in [-0.1, -0.05) is 41.6 Å². The molecule has 1 atom stereocenters. The van der Waals surface area contributed by atoms with Gasteiger partial charge in [-0.2, -0.15) is 0 Å². The molecule has 1 amide bonds. The van der Waals surface area contributed by atoms with E-state index in [1.807, 2.05) is 67.9 Å². The van der Waals surface area contributed by atoms with Crippen LogP contribution in [0.3, 0.4) is 0 Å². The van der Waals surface area contributed by atoms with E-state index in [-0.39, 0.29) is 11.2 Å². The number of imidazole rings is 1. The van der Waals surface area contributed by atoms with Crippen LogP contribution in [-0.4, -0.2) is 20.7 Å². The summed E-state index contributed by atoms with van der Waals surface area (Å²) in [5.41, 5.74) is 3.66. The van der Waals surface area contributed by atoms with Gasteiger partial charge in [-0.15, -0.1) is 0 Å². The van der Waals surface area contributed by atoms with E-state index in [2.05, 4.69) is 10.3 Å². The second-order valence-electron chi connectivity index (χ2n) is 5.67. The van der Waals surface area contributed by atoms with Gasteiger partial charge in [0.25, 0.3) is 0 Å². The molecule has 0 saturated heterocycles. The Kier molecular flexibility index (Phi) is 4.83. The summed E-state index contributed by atoms with van der Waals surface area (Å²) in [5, 5.41) is 3.95. The van der Waals surface area contributed by atoms with Gasteiger partial charge in [-0.3, -0.25) is 4.79 Å². The molecular formula is C18H18ClN3OS. The number of rotatable bonds is 4. The lowest BCUT2D eigenvalue weighted by Crippen LogP contribution is -2.23. The van der Waals surface area contributed by atoms with Crippen molar-refractivity contribution in [3.63, 3.8) is 0 Å². The van der Waals surface area contributed by atoms with Crippen molar-refractivity contribution in [3.8, 4) is 0 Å². The Bertz CT molecular complexity index is 906. The van der Waals surface area contributed by atoms with Gasteiger partial charge in [-0.05, 0) is 43.7 Å². The topological polar surface area (TPSA) is 46.9 Å². The first-order valence-corrected chi connectivity index (χ1v) is 8.86. The first kappa shape index (κ1) is 16.9. The van der Waals surface area contributed by atoms with E-state index in [1.54, 1.807) is 0 Å². The highest BCUT2D eigenvalue weighted by molar-refractivity contribution is 8.00. The molecule has 1 heterocycles. The SMILES string of the molecule is Cc1ccc(NC(=O)C(C)Sc2nc3ccccc3n2C)c(Cl)c1. The number of aryl methyl sites for hydroxylation is 2. The van der Waals surface area contributed by atoms with Gasteiger partial charge in [0.05, 0.1) is 27.0 Å². The average Bonchev–Trinajstić information content (AvgIpc) is 2.86. The van der Waals surface area contributed by atoms with E-state index in [1.165, 1.54) is 11.8 Å². The number of aromatic nitrogens is 2. The molecule has 0 bridgehead atoms. The molecule has 2 aromatic carbocycles. The molecule has 124 valence electrons. The van der Waals surface area contributed by atoms with Crippen LogP contribution in [0.1, 0.15) is 12.5 Å². The van der Waals surface area contributed by atoms with Crippen molar-refractivity contribution in [1.29, 1.82) is 0 Å². The second-order valence-corrected chi connectivity index (χ2v) is 7.39. The molecule has 0 aliphatic rings. The number of para-hydroxylation sites is 2. The van der Waals surface area contributed by atoms with Crippen molar-refractivity contribution in [3.05, 3.63) is 53.1 Å². The van der Waals surface area contributed by atoms with Crippen LogP contribution in [0.4, 0.5) is 5.69 Å². The van der Waals surface area contributed by atoms with Gasteiger partial charge in [-0.25, -0.2) is 4.98 Å². The number of carbonyl (C=O) groups excluding carboxylic acids is 1. The van der Waals surface area contributed by atoms with E-state index < -0.39 is 0 Å². The second kappa shape index (κ2) is 6.87. The highest BCUT2D eigenvalue weighted by Gasteiger charge is 2.19. The maximum atomic E-state index is 12.5. The predicted octanol–water partition coefficient (Wildman–Crippen LogP) is 4.65. The van der Waals surface area contributed by atoms with Gasteiger partial charge in [0, 0.05) is 7.05 Å². The van der Waals surface area contributed by atoms with Crippen LogP contribution in [0, 0.1) is 6.92 Å². The molecule has 24 heavy (non-hydrogen) atoms. The molecule has 3 rings (SSSR count). The van der Waals surface area contributed by atoms with Gasteiger partial charge in [0.15, 0.2) is 5.16 Å². The number of carbonyl (C=O) groups is 1. The fourth-order valence-corrected chi connectivity index (χ4v) is 3.57. The molecule has 0 radical (unpaired) electrons. The summed E-state index contributed by atoms with van der Waals surface area (Å²) in [7, 11) is 1.96. The molecule has 4 nitrogen and oxygen atoms in total. The van der Waals surface area contributed by atoms with Gasteiger partial charge >= 0.3 is 0 Å². The van der Waals surface area contributed by atoms with E-state index in [4.69, 9.17) is 11.6 Å². The minimum atomic E-state index is -0.294. The summed E-state index contributed by atoms with van der Waals surface area (Å²) in [4.78, 5) is 17.0. The predicted molar refractivity (Wildman–Crippen MR) is 101 cm³/mol. The van der Waals surface area contributed by atoms with Gasteiger partial charge in [0.2, 0.25) is 5.91 Å². The zero-order chi connectivity index (χ0) is 17.3. The lowest BCUT2D eigenvalue weighted by molar-refractivity contribution is -0.115. The maximum absolute atomic E-state index is 12.5. The molecule has 6 heteroatoms. The summed E-state index contributed by atoms with van der Waals surface area (Å²) < 4.78 is 2.00. The lowest BCUT2D eigenvalue weighted by atomic mass is 10.2. The smallest absolute Gasteiger partial charge is 0.237 e. The van der Waals surface area contributed by atoms with Crippen LogP contribution in [0.2, 0.25) is 5.02 Å². The Labute approximate surface area is 150 Å². The minimum absolute atomic E-state index is 0.0993. The van der Waals surface area contributed by atoms with Crippen molar-refractivity contribution in [2.75, 3.05) is 5.32 Å². The Morgan fingerprint density at radius 1 is 1.29 bits per heavy atom. The lowest BCUT2D eigenvalue weighted by Gasteiger charge is -2.13. The third-order valence-electron chi connectivity index (χ3n) is 3.78. The number of halogens is 1. The van der Waals surface area contributed by atoms with Gasteiger partial charge in [0.1, 0.15) is 0 Å². The number of nitrogens with one attached hydrogen (secondary N) is 1. The largest absolute Gasteiger partial charge is 0.324 e. The van der Waals surface area contributed by atoms with E-state index >= 15 is 0 Å². The third-order valence-corrected chi connectivity index (χ3v) is 5.24. The fraction of sp³-hybridized carbons (Fsp3) is 0.222. The quantitative estimate of drug-likeness (QED) is 0.689. The van der Waals surface area contributed by atoms with E-state index in [0.717, 1.165) is 21.8 Å². The highest BCUT2D eigenvalue weighted by Crippen LogP contribution is 2.28. The zero-order valence-electron chi connectivity index (χ0n) is 13.7. The number of hydrogen-bond donors (Lipinski definition) is 1. The van der Waals surface area contributed by atoms with Crippen molar-refractivity contribution >= 4 is 46.0 Å². The third kappa shape index (κ3) is 3.42. The van der Waals surface area contributed by atoms with Crippen molar-refractivity contribution in [2.45, 2.75) is 24.3 Å². The molecule has 3 aromatic rings. The number of amides is 1. The first-order chi connectivity index (χ1) is 11.5. The van der Waals surface area contributed by atoms with E-state index in [9.17, 15) is 4.79 Å². The van der Waals surface area contributed by atoms with Crippen molar-refractivity contribution in [1.82, 2.24) is 9.55 Å². The number of benzene rings is 2. The number of anilines is 1. The summed E-state index contributed by atoms with van der Waals surface area (Å²) in [6.07, 6.45) is 0. The number of thioether (sulfide) groups is 1. The molecule has 0 spiro atoms. The monoisotopic (exact) mass is 359 g/mol. The van der Waals surface area contributed by atoms with Crippen LogP contribution in [-0.2, 0) is 11.8 Å². The van der Waals surface area contributed by atoms with Crippen LogP contribution >= 0.6 is 23.4 Å². The Balaban J connectivity index is 1.74. The highest BCUT2D eigenvalue weighted by atomic mass is 35.5. The van der Waals surface area contributed by atoms with Gasteiger partial charge < -0.3 is 9.88 Å². The Hall–Kier alpha value is -1.98. The average molecular weight is 360 g/mol. The molecule has 0 aliphatic heterocycles. The number of nitrogens with zero attached hydrogens (tertiary/aromatic N) is 2. The molecule has 1 unspecified atom stereocenters.